The van der Waals surface area contributed by atoms with Crippen LogP contribution in [-0.4, -0.2) is 42.4 Å². The number of aliphatic hydroxyl groups is 1. The molecule has 112 valence electrons. The van der Waals surface area contributed by atoms with Crippen molar-refractivity contribution < 1.29 is 49.8 Å². The van der Waals surface area contributed by atoms with Gasteiger partial charge in [-0.25, -0.2) is 13.6 Å². The third-order valence-electron chi connectivity index (χ3n) is 1.86. The van der Waals surface area contributed by atoms with E-state index in [2.05, 4.69) is 4.74 Å². The summed E-state index contributed by atoms with van der Waals surface area (Å²) in [6.07, 6.45) is -5.74. The highest BCUT2D eigenvalue weighted by Crippen LogP contribution is 2.50. The summed E-state index contributed by atoms with van der Waals surface area (Å²) in [7, 11) is 0.607. The van der Waals surface area contributed by atoms with Crippen LogP contribution in [0.15, 0.2) is 11.8 Å². The number of carbonyl (C=O) groups excluding carboxylic acids is 1. The first-order chi connectivity index (χ1) is 8.32. The summed E-state index contributed by atoms with van der Waals surface area (Å²) in [6, 6.07) is 0. The molecule has 0 aliphatic rings. The lowest BCUT2D eigenvalue weighted by molar-refractivity contribution is -0.333. The highest BCUT2D eigenvalue weighted by atomic mass is 19.4. The van der Waals surface area contributed by atoms with Crippen LogP contribution in [0.4, 0.5) is 35.1 Å². The number of methoxy groups -OCH3 is 1. The summed E-state index contributed by atoms with van der Waals surface area (Å²) < 4.78 is 103. The number of alkyl halides is 8. The first-order valence-electron chi connectivity index (χ1n) is 4.23. The number of halogens is 8. The van der Waals surface area contributed by atoms with E-state index in [-0.39, 0.29) is 0 Å². The molecule has 0 atom stereocenters. The van der Waals surface area contributed by atoms with Crippen LogP contribution in [0, 0.1) is 0 Å². The number of allylic oxidation sites excluding steroid dienone is 1. The second-order valence-electron chi connectivity index (χ2n) is 3.13. The molecule has 0 unspecified atom stereocenters. The fraction of sp³-hybridized carbons (Fsp3) is 0.625. The van der Waals surface area contributed by atoms with Crippen LogP contribution in [0.2, 0.25) is 0 Å². The van der Waals surface area contributed by atoms with Crippen molar-refractivity contribution in [3.8, 4) is 0 Å². The minimum absolute atomic E-state index is 0.607. The SMILES string of the molecule is COC(=O)/C=C(\O)C(F)(F)C(F)(F)C(F)(F)C(F)F. The first-order valence-corrected chi connectivity index (χ1v) is 4.23. The van der Waals surface area contributed by atoms with Crippen LogP contribution in [0.25, 0.3) is 0 Å². The summed E-state index contributed by atoms with van der Waals surface area (Å²) in [6.45, 7) is 0. The number of rotatable bonds is 5. The Labute approximate surface area is 100.0 Å². The van der Waals surface area contributed by atoms with Crippen LogP contribution in [0.3, 0.4) is 0 Å². The lowest BCUT2D eigenvalue weighted by atomic mass is 10.0. The second-order valence-corrected chi connectivity index (χ2v) is 3.13. The molecule has 0 spiro atoms. The van der Waals surface area contributed by atoms with Crippen LogP contribution in [-0.2, 0) is 9.53 Å². The van der Waals surface area contributed by atoms with Crippen molar-refractivity contribution in [3.05, 3.63) is 11.8 Å². The largest absolute Gasteiger partial charge is 0.506 e. The molecular formula is C8H6F8O3. The maximum Gasteiger partial charge on any atom is 0.385 e. The van der Waals surface area contributed by atoms with E-state index in [1.165, 1.54) is 0 Å². The zero-order valence-corrected chi connectivity index (χ0v) is 8.94. The van der Waals surface area contributed by atoms with Gasteiger partial charge in [-0.2, -0.15) is 26.3 Å². The molecule has 19 heavy (non-hydrogen) atoms. The van der Waals surface area contributed by atoms with Gasteiger partial charge in [0.1, 0.15) is 0 Å². The highest BCUT2D eigenvalue weighted by Gasteiger charge is 2.77. The predicted octanol–water partition coefficient (Wildman–Crippen LogP) is 2.77. The molecule has 0 aromatic carbocycles. The van der Waals surface area contributed by atoms with Gasteiger partial charge >= 0.3 is 30.2 Å². The monoisotopic (exact) mass is 302 g/mol. The van der Waals surface area contributed by atoms with Gasteiger partial charge in [-0.3, -0.25) is 0 Å². The summed E-state index contributed by atoms with van der Waals surface area (Å²) >= 11 is 0. The van der Waals surface area contributed by atoms with Gasteiger partial charge in [-0.15, -0.1) is 0 Å². The van der Waals surface area contributed by atoms with E-state index < -0.39 is 42.0 Å². The zero-order valence-electron chi connectivity index (χ0n) is 8.94. The average Bonchev–Trinajstić information content (AvgIpc) is 2.27. The lowest BCUT2D eigenvalue weighted by Gasteiger charge is -2.31. The van der Waals surface area contributed by atoms with Crippen molar-refractivity contribution in [3.63, 3.8) is 0 Å². The van der Waals surface area contributed by atoms with Gasteiger partial charge in [-0.05, 0) is 0 Å². The molecule has 11 heteroatoms. The number of aliphatic hydroxyl groups excluding tert-OH is 1. The Hall–Kier alpha value is -1.55. The Morgan fingerprint density at radius 1 is 1.16 bits per heavy atom. The van der Waals surface area contributed by atoms with E-state index in [4.69, 9.17) is 5.11 Å². The van der Waals surface area contributed by atoms with Gasteiger partial charge in [-0.1, -0.05) is 0 Å². The minimum Gasteiger partial charge on any atom is -0.506 e. The van der Waals surface area contributed by atoms with Crippen LogP contribution >= 0.6 is 0 Å². The second kappa shape index (κ2) is 5.21. The number of ether oxygens (including phenoxy) is 1. The molecule has 0 aliphatic heterocycles. The lowest BCUT2D eigenvalue weighted by Crippen LogP contribution is -2.58. The molecule has 0 radical (unpaired) electrons. The smallest absolute Gasteiger partial charge is 0.385 e. The molecule has 0 fully saturated rings. The molecule has 0 bridgehead atoms. The Bertz CT molecular complexity index is 376. The van der Waals surface area contributed by atoms with Crippen molar-refractivity contribution in [2.24, 2.45) is 0 Å². The van der Waals surface area contributed by atoms with Crippen molar-refractivity contribution in [1.29, 1.82) is 0 Å². The fourth-order valence-corrected chi connectivity index (χ4v) is 0.768. The van der Waals surface area contributed by atoms with Gasteiger partial charge < -0.3 is 9.84 Å². The van der Waals surface area contributed by atoms with Crippen molar-refractivity contribution >= 4 is 5.97 Å². The molecule has 0 aliphatic carbocycles. The summed E-state index contributed by atoms with van der Waals surface area (Å²) in [5.41, 5.74) is 0. The maximum atomic E-state index is 12.9. The van der Waals surface area contributed by atoms with Gasteiger partial charge in [0.15, 0.2) is 5.76 Å². The third-order valence-corrected chi connectivity index (χ3v) is 1.86. The number of esters is 1. The Balaban J connectivity index is 5.64. The fourth-order valence-electron chi connectivity index (χ4n) is 0.768. The summed E-state index contributed by atoms with van der Waals surface area (Å²) in [4.78, 5) is 10.4. The quantitative estimate of drug-likeness (QED) is 0.368. The topological polar surface area (TPSA) is 46.5 Å². The molecule has 0 heterocycles. The third kappa shape index (κ3) is 2.89. The number of carbonyl (C=O) groups is 1. The van der Waals surface area contributed by atoms with Gasteiger partial charge in [0.05, 0.1) is 13.2 Å². The normalized spacial score (nSPS) is 14.7. The van der Waals surface area contributed by atoms with Crippen LogP contribution < -0.4 is 0 Å². The van der Waals surface area contributed by atoms with Crippen LogP contribution in [0.1, 0.15) is 0 Å². The minimum atomic E-state index is -6.62. The van der Waals surface area contributed by atoms with Crippen molar-refractivity contribution in [2.45, 2.75) is 24.2 Å². The summed E-state index contributed by atoms with van der Waals surface area (Å²) in [5.74, 6) is -23.7. The molecule has 0 amide bonds. The van der Waals surface area contributed by atoms with E-state index in [9.17, 15) is 39.9 Å². The van der Waals surface area contributed by atoms with E-state index in [1.807, 2.05) is 0 Å². The van der Waals surface area contributed by atoms with Gasteiger partial charge in [0, 0.05) is 0 Å². The van der Waals surface area contributed by atoms with Crippen molar-refractivity contribution in [2.75, 3.05) is 7.11 Å². The van der Waals surface area contributed by atoms with Gasteiger partial charge in [0.25, 0.3) is 0 Å². The number of hydrogen-bond acceptors (Lipinski definition) is 3. The molecule has 0 aromatic rings. The summed E-state index contributed by atoms with van der Waals surface area (Å²) in [5, 5.41) is 8.51. The molecular weight excluding hydrogens is 296 g/mol. The molecule has 0 saturated carbocycles. The number of hydrogen-bond donors (Lipinski definition) is 1. The molecule has 0 aromatic heterocycles. The van der Waals surface area contributed by atoms with E-state index in [0.717, 1.165) is 0 Å². The molecule has 0 rings (SSSR count). The van der Waals surface area contributed by atoms with E-state index in [1.54, 1.807) is 0 Å². The molecule has 1 N–H and O–H groups in total. The first kappa shape index (κ1) is 17.4. The average molecular weight is 302 g/mol. The van der Waals surface area contributed by atoms with E-state index >= 15 is 0 Å². The Morgan fingerprint density at radius 2 is 1.58 bits per heavy atom. The zero-order chi connectivity index (χ0) is 15.6. The molecule has 3 nitrogen and oxygen atoms in total. The van der Waals surface area contributed by atoms with Gasteiger partial charge in [0.2, 0.25) is 0 Å². The standard InChI is InChI=1S/C8H6F8O3/c1-19-4(18)2-3(17)6(11,12)8(15,16)7(13,14)5(9)10/h2,5,17H,1H3/b3-2-. The molecule has 0 saturated heterocycles. The predicted molar refractivity (Wildman–Crippen MR) is 43.6 cm³/mol. The van der Waals surface area contributed by atoms with E-state index in [0.29, 0.717) is 7.11 Å². The van der Waals surface area contributed by atoms with Crippen LogP contribution in [0.5, 0.6) is 0 Å². The maximum absolute atomic E-state index is 12.9. The Kier molecular flexibility index (Phi) is 4.79. The Morgan fingerprint density at radius 3 is 1.89 bits per heavy atom. The highest BCUT2D eigenvalue weighted by molar-refractivity contribution is 5.82. The van der Waals surface area contributed by atoms with Crippen molar-refractivity contribution in [1.82, 2.24) is 0 Å².